The van der Waals surface area contributed by atoms with Gasteiger partial charge in [-0.3, -0.25) is 0 Å². The molecule has 0 spiro atoms. The average molecular weight is 350 g/mol. The van der Waals surface area contributed by atoms with Crippen molar-refractivity contribution >= 4 is 16.9 Å². The molecule has 0 radical (unpaired) electrons. The van der Waals surface area contributed by atoms with Gasteiger partial charge < -0.3 is 20.7 Å². The number of aromatic amines is 1. The van der Waals surface area contributed by atoms with E-state index < -0.39 is 6.10 Å². The first kappa shape index (κ1) is 18.0. The SMILES string of the molecule is CCNC(=NCc1cc2ccccc2[nH]1)NCCC(O)c1ccccc1. The second kappa shape index (κ2) is 9.06. The molecule has 0 aliphatic rings. The van der Waals surface area contributed by atoms with Gasteiger partial charge in [0.05, 0.1) is 12.6 Å². The largest absolute Gasteiger partial charge is 0.388 e. The summed E-state index contributed by atoms with van der Waals surface area (Å²) in [6, 6.07) is 20.1. The number of nitrogens with zero attached hydrogens (tertiary/aromatic N) is 1. The smallest absolute Gasteiger partial charge is 0.191 e. The Morgan fingerprint density at radius 3 is 2.62 bits per heavy atom. The summed E-state index contributed by atoms with van der Waals surface area (Å²) >= 11 is 0. The normalized spacial score (nSPS) is 12.9. The number of guanidine groups is 1. The lowest BCUT2D eigenvalue weighted by molar-refractivity contribution is 0.168. The molecule has 26 heavy (non-hydrogen) atoms. The van der Waals surface area contributed by atoms with Crippen LogP contribution in [0.2, 0.25) is 0 Å². The highest BCUT2D eigenvalue weighted by atomic mass is 16.3. The first-order valence-electron chi connectivity index (χ1n) is 9.08. The van der Waals surface area contributed by atoms with E-state index in [1.54, 1.807) is 0 Å². The molecule has 2 aromatic carbocycles. The van der Waals surface area contributed by atoms with Gasteiger partial charge in [0.1, 0.15) is 0 Å². The molecule has 3 aromatic rings. The molecule has 0 bridgehead atoms. The standard InChI is InChI=1S/C21H26N4O/c1-2-22-21(23-13-12-20(26)16-8-4-3-5-9-16)24-15-18-14-17-10-6-7-11-19(17)25-18/h3-11,14,20,25-26H,2,12-13,15H2,1H3,(H2,22,23,24). The number of rotatable bonds is 7. The first-order valence-corrected chi connectivity index (χ1v) is 9.08. The molecule has 1 aromatic heterocycles. The summed E-state index contributed by atoms with van der Waals surface area (Å²) in [6.45, 7) is 4.05. The average Bonchev–Trinajstić information content (AvgIpc) is 3.09. The molecule has 1 atom stereocenters. The lowest BCUT2D eigenvalue weighted by Gasteiger charge is -2.14. The fourth-order valence-electron chi connectivity index (χ4n) is 2.89. The molecule has 1 heterocycles. The quantitative estimate of drug-likeness (QED) is 0.390. The topological polar surface area (TPSA) is 72.4 Å². The third-order valence-corrected chi connectivity index (χ3v) is 4.23. The molecule has 1 unspecified atom stereocenters. The first-order chi connectivity index (χ1) is 12.8. The lowest BCUT2D eigenvalue weighted by Crippen LogP contribution is -2.38. The zero-order valence-electron chi connectivity index (χ0n) is 15.1. The fourth-order valence-corrected chi connectivity index (χ4v) is 2.89. The van der Waals surface area contributed by atoms with Crippen LogP contribution in [0.25, 0.3) is 10.9 Å². The monoisotopic (exact) mass is 350 g/mol. The molecule has 0 amide bonds. The molecule has 0 saturated heterocycles. The van der Waals surface area contributed by atoms with E-state index in [4.69, 9.17) is 0 Å². The predicted octanol–water partition coefficient (Wildman–Crippen LogP) is 3.35. The Kier molecular flexibility index (Phi) is 6.28. The number of nitrogens with one attached hydrogen (secondary N) is 3. The van der Waals surface area contributed by atoms with Crippen LogP contribution in [0, 0.1) is 0 Å². The Labute approximate surface area is 154 Å². The van der Waals surface area contributed by atoms with Gasteiger partial charge in [0.25, 0.3) is 0 Å². The van der Waals surface area contributed by atoms with Crippen LogP contribution >= 0.6 is 0 Å². The Morgan fingerprint density at radius 2 is 1.85 bits per heavy atom. The third-order valence-electron chi connectivity index (χ3n) is 4.23. The number of aliphatic hydroxyl groups is 1. The van der Waals surface area contributed by atoms with Gasteiger partial charge in [0.2, 0.25) is 0 Å². The molecule has 4 N–H and O–H groups in total. The van der Waals surface area contributed by atoms with Crippen molar-refractivity contribution in [2.24, 2.45) is 4.99 Å². The summed E-state index contributed by atoms with van der Waals surface area (Å²) < 4.78 is 0. The zero-order chi connectivity index (χ0) is 18.2. The summed E-state index contributed by atoms with van der Waals surface area (Å²) in [7, 11) is 0. The van der Waals surface area contributed by atoms with Crippen molar-refractivity contribution in [2.45, 2.75) is 26.0 Å². The Bertz CT molecular complexity index is 808. The van der Waals surface area contributed by atoms with Crippen LogP contribution in [-0.4, -0.2) is 29.1 Å². The van der Waals surface area contributed by atoms with Crippen molar-refractivity contribution in [3.8, 4) is 0 Å². The highest BCUT2D eigenvalue weighted by Gasteiger charge is 2.07. The molecule has 0 aliphatic carbocycles. The van der Waals surface area contributed by atoms with E-state index in [-0.39, 0.29) is 0 Å². The second-order valence-electron chi connectivity index (χ2n) is 6.22. The highest BCUT2D eigenvalue weighted by Crippen LogP contribution is 2.16. The maximum Gasteiger partial charge on any atom is 0.191 e. The number of aliphatic imine (C=N–C) groups is 1. The van der Waals surface area contributed by atoms with Gasteiger partial charge in [0.15, 0.2) is 5.96 Å². The van der Waals surface area contributed by atoms with E-state index in [9.17, 15) is 5.11 Å². The van der Waals surface area contributed by atoms with Crippen LogP contribution in [0.15, 0.2) is 65.7 Å². The van der Waals surface area contributed by atoms with Crippen molar-refractivity contribution in [3.63, 3.8) is 0 Å². The third kappa shape index (κ3) is 4.86. The van der Waals surface area contributed by atoms with Gasteiger partial charge >= 0.3 is 0 Å². The fraction of sp³-hybridized carbons (Fsp3) is 0.286. The van der Waals surface area contributed by atoms with Gasteiger partial charge in [-0.25, -0.2) is 4.99 Å². The van der Waals surface area contributed by atoms with Crippen LogP contribution in [0.1, 0.15) is 30.7 Å². The highest BCUT2D eigenvalue weighted by molar-refractivity contribution is 5.81. The van der Waals surface area contributed by atoms with Crippen LogP contribution in [0.4, 0.5) is 0 Å². The van der Waals surface area contributed by atoms with Crippen LogP contribution < -0.4 is 10.6 Å². The number of para-hydroxylation sites is 1. The van der Waals surface area contributed by atoms with Gasteiger partial charge in [-0.15, -0.1) is 0 Å². The predicted molar refractivity (Wildman–Crippen MR) is 107 cm³/mol. The van der Waals surface area contributed by atoms with Crippen molar-refractivity contribution in [3.05, 3.63) is 71.9 Å². The summed E-state index contributed by atoms with van der Waals surface area (Å²) in [5, 5.41) is 18.0. The van der Waals surface area contributed by atoms with Gasteiger partial charge in [-0.2, -0.15) is 0 Å². The molecule has 0 aliphatic heterocycles. The van der Waals surface area contributed by atoms with Crippen LogP contribution in [0.3, 0.4) is 0 Å². The molecular formula is C21H26N4O. The molecule has 5 heteroatoms. The number of aromatic nitrogens is 1. The van der Waals surface area contributed by atoms with E-state index in [0.717, 1.165) is 29.3 Å². The van der Waals surface area contributed by atoms with E-state index in [2.05, 4.69) is 38.8 Å². The van der Waals surface area contributed by atoms with Crippen molar-refractivity contribution in [2.75, 3.05) is 13.1 Å². The summed E-state index contributed by atoms with van der Waals surface area (Å²) in [6.07, 6.45) is 0.154. The molecule has 0 saturated carbocycles. The van der Waals surface area contributed by atoms with Gasteiger partial charge in [-0.05, 0) is 36.4 Å². The van der Waals surface area contributed by atoms with E-state index in [0.29, 0.717) is 19.5 Å². The number of aliphatic hydroxyl groups excluding tert-OH is 1. The Morgan fingerprint density at radius 1 is 1.08 bits per heavy atom. The second-order valence-corrected chi connectivity index (χ2v) is 6.22. The minimum absolute atomic E-state index is 0.472. The van der Waals surface area contributed by atoms with Crippen LogP contribution in [-0.2, 0) is 6.54 Å². The number of benzene rings is 2. The van der Waals surface area contributed by atoms with Gasteiger partial charge in [0, 0.05) is 24.3 Å². The Balaban J connectivity index is 1.55. The maximum absolute atomic E-state index is 10.2. The minimum Gasteiger partial charge on any atom is -0.388 e. The van der Waals surface area contributed by atoms with Crippen molar-refractivity contribution in [1.29, 1.82) is 0 Å². The lowest BCUT2D eigenvalue weighted by atomic mass is 10.1. The molecule has 3 rings (SSSR count). The Hall–Kier alpha value is -2.79. The molecular weight excluding hydrogens is 324 g/mol. The number of H-pyrrole nitrogens is 1. The van der Waals surface area contributed by atoms with Crippen molar-refractivity contribution in [1.82, 2.24) is 15.6 Å². The van der Waals surface area contributed by atoms with E-state index in [1.165, 1.54) is 5.39 Å². The summed E-state index contributed by atoms with van der Waals surface area (Å²) in [5.41, 5.74) is 3.14. The minimum atomic E-state index is -0.472. The number of hydrogen-bond acceptors (Lipinski definition) is 2. The summed E-state index contributed by atoms with van der Waals surface area (Å²) in [5.74, 6) is 0.756. The number of fused-ring (bicyclic) bond motifs is 1. The van der Waals surface area contributed by atoms with E-state index in [1.807, 2.05) is 49.4 Å². The van der Waals surface area contributed by atoms with Crippen LogP contribution in [0.5, 0.6) is 0 Å². The zero-order valence-corrected chi connectivity index (χ0v) is 15.1. The summed E-state index contributed by atoms with van der Waals surface area (Å²) in [4.78, 5) is 8.02. The molecule has 136 valence electrons. The molecule has 0 fully saturated rings. The number of hydrogen-bond donors (Lipinski definition) is 4. The van der Waals surface area contributed by atoms with Gasteiger partial charge in [-0.1, -0.05) is 48.5 Å². The van der Waals surface area contributed by atoms with E-state index >= 15 is 0 Å². The maximum atomic E-state index is 10.2. The molecule has 5 nitrogen and oxygen atoms in total. The van der Waals surface area contributed by atoms with Crippen molar-refractivity contribution < 1.29 is 5.11 Å².